The highest BCUT2D eigenvalue weighted by molar-refractivity contribution is 6.00. The maximum absolute atomic E-state index is 13.6. The third-order valence-corrected chi connectivity index (χ3v) is 6.51. The maximum Gasteiger partial charge on any atom is 0.259 e. The molecule has 0 atom stereocenters. The zero-order valence-corrected chi connectivity index (χ0v) is 22.7. The molecule has 0 aliphatic carbocycles. The van der Waals surface area contributed by atoms with E-state index in [1.54, 1.807) is 0 Å². The van der Waals surface area contributed by atoms with Crippen LogP contribution in [0.25, 0.3) is 5.65 Å². The Balaban J connectivity index is 1.60. The fraction of sp³-hybridized carbons (Fsp3) is 0.571. The summed E-state index contributed by atoms with van der Waals surface area (Å²) < 4.78 is 1.96. The molecule has 1 aromatic carbocycles. The number of nitrogens with zero attached hydrogens (tertiary/aromatic N) is 4. The lowest BCUT2D eigenvalue weighted by Gasteiger charge is -2.36. The van der Waals surface area contributed by atoms with Crippen molar-refractivity contribution in [1.29, 1.82) is 0 Å². The number of anilines is 2. The van der Waals surface area contributed by atoms with Crippen molar-refractivity contribution in [2.45, 2.75) is 72.8 Å². The van der Waals surface area contributed by atoms with Crippen LogP contribution >= 0.6 is 0 Å². The van der Waals surface area contributed by atoms with Gasteiger partial charge in [0.15, 0.2) is 11.5 Å². The van der Waals surface area contributed by atoms with Gasteiger partial charge in [0.1, 0.15) is 5.56 Å². The average Bonchev–Trinajstić information content (AvgIpc) is 3.32. The normalized spacial score (nSPS) is 15.7. The van der Waals surface area contributed by atoms with Crippen molar-refractivity contribution in [3.05, 3.63) is 47.8 Å². The van der Waals surface area contributed by atoms with Crippen LogP contribution < -0.4 is 10.2 Å². The summed E-state index contributed by atoms with van der Waals surface area (Å²) in [7, 11) is 0. The Morgan fingerprint density at radius 2 is 1.60 bits per heavy atom. The van der Waals surface area contributed by atoms with Gasteiger partial charge in [0.25, 0.3) is 5.91 Å². The molecular weight excluding hydrogens is 436 g/mol. The maximum atomic E-state index is 13.6. The van der Waals surface area contributed by atoms with E-state index in [9.17, 15) is 4.79 Å². The van der Waals surface area contributed by atoms with Gasteiger partial charge in [0.05, 0.1) is 5.69 Å². The average molecular weight is 479 g/mol. The van der Waals surface area contributed by atoms with Crippen molar-refractivity contribution in [3.63, 3.8) is 0 Å². The molecule has 0 saturated carbocycles. The van der Waals surface area contributed by atoms with Crippen LogP contribution in [-0.2, 0) is 5.41 Å². The van der Waals surface area contributed by atoms with Gasteiger partial charge in [-0.1, -0.05) is 59.7 Å². The van der Waals surface area contributed by atoms with E-state index in [0.29, 0.717) is 24.3 Å². The van der Waals surface area contributed by atoms with E-state index in [1.165, 1.54) is 5.69 Å². The number of amides is 1. The lowest BCUT2D eigenvalue weighted by molar-refractivity contribution is 0.0748. The van der Waals surface area contributed by atoms with E-state index in [-0.39, 0.29) is 22.3 Å². The molecule has 1 aliphatic rings. The molecule has 0 spiro atoms. The number of carbonyl (C=O) groups is 1. The summed E-state index contributed by atoms with van der Waals surface area (Å²) in [5.41, 5.74) is 3.37. The first-order valence-electron chi connectivity index (χ1n) is 12.7. The van der Waals surface area contributed by atoms with Crippen LogP contribution in [0.4, 0.5) is 11.5 Å². The van der Waals surface area contributed by atoms with E-state index in [1.807, 2.05) is 21.7 Å². The van der Waals surface area contributed by atoms with Crippen LogP contribution in [0.5, 0.6) is 0 Å². The van der Waals surface area contributed by atoms with Crippen molar-refractivity contribution in [2.75, 3.05) is 36.4 Å². The molecule has 1 fully saturated rings. The predicted octanol–water partition coefficient (Wildman–Crippen LogP) is 5.55. The molecule has 7 heteroatoms. The van der Waals surface area contributed by atoms with Gasteiger partial charge in [0, 0.05) is 49.0 Å². The summed E-state index contributed by atoms with van der Waals surface area (Å²) in [6.45, 7) is 20.8. The van der Waals surface area contributed by atoms with Gasteiger partial charge in [0.2, 0.25) is 0 Å². The number of benzene rings is 1. The van der Waals surface area contributed by atoms with Crippen LogP contribution in [0.2, 0.25) is 0 Å². The van der Waals surface area contributed by atoms with Gasteiger partial charge in [-0.3, -0.25) is 9.89 Å². The minimum absolute atomic E-state index is 0.0370. The Morgan fingerprint density at radius 1 is 0.971 bits per heavy atom. The highest BCUT2D eigenvalue weighted by Crippen LogP contribution is 2.36. The quantitative estimate of drug-likeness (QED) is 0.505. The van der Waals surface area contributed by atoms with Gasteiger partial charge < -0.3 is 15.1 Å². The first-order chi connectivity index (χ1) is 16.3. The molecule has 1 saturated heterocycles. The summed E-state index contributed by atoms with van der Waals surface area (Å²) in [6, 6.07) is 10.4. The number of hydrogen-bond donors (Lipinski definition) is 2. The SMILES string of the molecule is CC(C)(C)CC(C)(C)Nc1c(C(C)(C)C)nc2c(C(=O)N3CCN(c4ccccc4)CC3)c[nH]n12. The van der Waals surface area contributed by atoms with Crippen LogP contribution in [0, 0.1) is 5.41 Å². The van der Waals surface area contributed by atoms with Gasteiger partial charge in [-0.15, -0.1) is 0 Å². The molecule has 4 rings (SSSR count). The molecule has 1 aliphatic heterocycles. The number of rotatable bonds is 5. The lowest BCUT2D eigenvalue weighted by Crippen LogP contribution is -2.48. The number of para-hydroxylation sites is 1. The smallest absolute Gasteiger partial charge is 0.259 e. The lowest BCUT2D eigenvalue weighted by atomic mass is 9.81. The molecule has 2 aromatic heterocycles. The zero-order valence-electron chi connectivity index (χ0n) is 22.7. The van der Waals surface area contributed by atoms with E-state index in [2.05, 4.69) is 95.0 Å². The van der Waals surface area contributed by atoms with Crippen molar-refractivity contribution in [2.24, 2.45) is 5.41 Å². The van der Waals surface area contributed by atoms with Gasteiger partial charge in [-0.25, -0.2) is 9.50 Å². The topological polar surface area (TPSA) is 68.7 Å². The molecule has 3 aromatic rings. The monoisotopic (exact) mass is 478 g/mol. The zero-order chi connectivity index (χ0) is 25.6. The van der Waals surface area contributed by atoms with Crippen LogP contribution in [0.3, 0.4) is 0 Å². The number of carbonyl (C=O) groups excluding carboxylic acids is 1. The highest BCUT2D eigenvalue weighted by atomic mass is 16.2. The van der Waals surface area contributed by atoms with E-state index < -0.39 is 0 Å². The standard InChI is InChI=1S/C28H42N6O/c1-26(2,3)19-28(7,8)31-24-22(27(4,5)6)30-23-21(18-29-34(23)24)25(35)33-16-14-32(15-17-33)20-12-10-9-11-13-20/h9-13,18,29,31H,14-17,19H2,1-8H3. The Kier molecular flexibility index (Phi) is 6.41. The molecule has 3 heterocycles. The van der Waals surface area contributed by atoms with Gasteiger partial charge in [-0.05, 0) is 37.8 Å². The minimum Gasteiger partial charge on any atom is -0.368 e. The number of imidazole rings is 1. The molecule has 0 bridgehead atoms. The second-order valence-electron chi connectivity index (χ2n) is 12.8. The summed E-state index contributed by atoms with van der Waals surface area (Å²) in [5, 5.41) is 7.09. The number of fused-ring (bicyclic) bond motifs is 1. The number of H-pyrrole nitrogens is 1. The van der Waals surface area contributed by atoms with Crippen molar-refractivity contribution < 1.29 is 4.79 Å². The fourth-order valence-electron chi connectivity index (χ4n) is 5.38. The predicted molar refractivity (Wildman–Crippen MR) is 145 cm³/mol. The molecule has 1 amide bonds. The first-order valence-corrected chi connectivity index (χ1v) is 12.7. The van der Waals surface area contributed by atoms with E-state index in [0.717, 1.165) is 31.0 Å². The molecule has 35 heavy (non-hydrogen) atoms. The summed E-state index contributed by atoms with van der Waals surface area (Å²) in [5.74, 6) is 0.976. The van der Waals surface area contributed by atoms with Crippen molar-refractivity contribution >= 4 is 23.1 Å². The van der Waals surface area contributed by atoms with Crippen LogP contribution in [0.15, 0.2) is 36.5 Å². The molecule has 7 nitrogen and oxygen atoms in total. The summed E-state index contributed by atoms with van der Waals surface area (Å²) in [4.78, 5) is 22.9. The largest absolute Gasteiger partial charge is 0.368 e. The third-order valence-electron chi connectivity index (χ3n) is 6.51. The van der Waals surface area contributed by atoms with E-state index in [4.69, 9.17) is 4.98 Å². The second-order valence-corrected chi connectivity index (χ2v) is 12.8. The Hall–Kier alpha value is -2.96. The highest BCUT2D eigenvalue weighted by Gasteiger charge is 2.33. The number of nitrogens with one attached hydrogen (secondary N) is 2. The Bertz CT molecular complexity index is 1170. The van der Waals surface area contributed by atoms with Crippen LogP contribution in [0.1, 0.15) is 77.9 Å². The fourth-order valence-corrected chi connectivity index (χ4v) is 5.38. The Labute approximate surface area is 209 Å². The van der Waals surface area contributed by atoms with Crippen LogP contribution in [-0.4, -0.2) is 57.1 Å². The van der Waals surface area contributed by atoms with Crippen molar-refractivity contribution in [3.8, 4) is 0 Å². The number of aromatic nitrogens is 3. The Morgan fingerprint density at radius 3 is 2.17 bits per heavy atom. The molecule has 0 radical (unpaired) electrons. The van der Waals surface area contributed by atoms with Gasteiger partial charge in [-0.2, -0.15) is 0 Å². The minimum atomic E-state index is -0.172. The first kappa shape index (κ1) is 25.1. The molecular formula is C28H42N6O. The second kappa shape index (κ2) is 8.92. The molecule has 2 N–H and O–H groups in total. The molecule has 0 unspecified atom stereocenters. The van der Waals surface area contributed by atoms with E-state index >= 15 is 0 Å². The number of hydrogen-bond acceptors (Lipinski definition) is 4. The number of piperazine rings is 1. The van der Waals surface area contributed by atoms with Crippen molar-refractivity contribution in [1.82, 2.24) is 19.5 Å². The summed E-state index contributed by atoms with van der Waals surface area (Å²) >= 11 is 0. The summed E-state index contributed by atoms with van der Waals surface area (Å²) in [6.07, 6.45) is 2.80. The molecule has 190 valence electrons. The number of aromatic amines is 1. The third kappa shape index (κ3) is 5.49. The van der Waals surface area contributed by atoms with Gasteiger partial charge >= 0.3 is 0 Å².